The van der Waals surface area contributed by atoms with Gasteiger partial charge in [-0.25, -0.2) is 4.79 Å². The Hall–Kier alpha value is -1.64. The number of rotatable bonds is 7. The fraction of sp³-hybridized carbons (Fsp3) is 0.357. The smallest absolute Gasteiger partial charge is 0.319 e. The zero-order valence-electron chi connectivity index (χ0n) is 10.7. The molecule has 0 aliphatic rings. The van der Waals surface area contributed by atoms with E-state index in [-0.39, 0.29) is 12.6 Å². The lowest BCUT2D eigenvalue weighted by atomic mass is 10.2. The highest BCUT2D eigenvalue weighted by molar-refractivity contribution is 7.99. The number of carbonyl (C=O) groups excluding carboxylic acids is 1. The highest BCUT2D eigenvalue weighted by atomic mass is 32.2. The summed E-state index contributed by atoms with van der Waals surface area (Å²) in [7, 11) is 0. The quantitative estimate of drug-likeness (QED) is 0.527. The average Bonchev–Trinajstić information content (AvgIpc) is 2.43. The molecule has 0 heterocycles. The number of hydrogen-bond acceptors (Lipinski definition) is 3. The van der Waals surface area contributed by atoms with E-state index in [2.05, 4.69) is 16.6 Å². The standard InChI is InChI=1S/C14H18N2O2S/c1-2-12-5-3-6-13(11-12)16-14(18)15-7-10-19-9-4-8-17/h1,3,5-6,11,17H,4,7-10H2,(H2,15,16,18). The molecule has 0 aromatic heterocycles. The lowest BCUT2D eigenvalue weighted by Crippen LogP contribution is -2.30. The largest absolute Gasteiger partial charge is 0.396 e. The Labute approximate surface area is 118 Å². The summed E-state index contributed by atoms with van der Waals surface area (Å²) in [6.07, 6.45) is 6.08. The number of benzene rings is 1. The minimum Gasteiger partial charge on any atom is -0.396 e. The van der Waals surface area contributed by atoms with Crippen molar-refractivity contribution < 1.29 is 9.90 Å². The van der Waals surface area contributed by atoms with E-state index < -0.39 is 0 Å². The average molecular weight is 278 g/mol. The first-order valence-corrected chi connectivity index (χ1v) is 7.22. The predicted molar refractivity (Wildman–Crippen MR) is 80.4 cm³/mol. The molecule has 102 valence electrons. The number of carbonyl (C=O) groups is 1. The molecule has 3 N–H and O–H groups in total. The van der Waals surface area contributed by atoms with Crippen molar-refractivity contribution in [2.45, 2.75) is 6.42 Å². The Bertz CT molecular complexity index is 443. The van der Waals surface area contributed by atoms with E-state index in [9.17, 15) is 4.79 Å². The first-order valence-electron chi connectivity index (χ1n) is 6.06. The minimum atomic E-state index is -0.239. The zero-order valence-corrected chi connectivity index (χ0v) is 11.5. The van der Waals surface area contributed by atoms with E-state index >= 15 is 0 Å². The van der Waals surface area contributed by atoms with Crippen LogP contribution in [0, 0.1) is 12.3 Å². The van der Waals surface area contributed by atoms with Crippen LogP contribution in [-0.4, -0.2) is 35.8 Å². The second-order valence-corrected chi connectivity index (χ2v) is 5.02. The van der Waals surface area contributed by atoms with E-state index in [0.717, 1.165) is 23.5 Å². The first-order chi connectivity index (χ1) is 9.26. The molecule has 0 fully saturated rings. The Morgan fingerprint density at radius 3 is 3.00 bits per heavy atom. The number of aliphatic hydroxyl groups is 1. The summed E-state index contributed by atoms with van der Waals surface area (Å²) in [6.45, 7) is 0.809. The van der Waals surface area contributed by atoms with Crippen LogP contribution in [-0.2, 0) is 0 Å². The number of urea groups is 1. The number of terminal acetylenes is 1. The Morgan fingerprint density at radius 1 is 1.42 bits per heavy atom. The molecule has 0 spiro atoms. The van der Waals surface area contributed by atoms with Gasteiger partial charge in [-0.1, -0.05) is 12.0 Å². The van der Waals surface area contributed by atoms with Gasteiger partial charge in [-0.2, -0.15) is 11.8 Å². The maximum Gasteiger partial charge on any atom is 0.319 e. The normalized spacial score (nSPS) is 9.68. The third-order valence-electron chi connectivity index (χ3n) is 2.27. The van der Waals surface area contributed by atoms with E-state index in [1.165, 1.54) is 0 Å². The van der Waals surface area contributed by atoms with Crippen molar-refractivity contribution >= 4 is 23.5 Å². The summed E-state index contributed by atoms with van der Waals surface area (Å²) in [5, 5.41) is 14.1. The van der Waals surface area contributed by atoms with Crippen LogP contribution < -0.4 is 10.6 Å². The second-order valence-electron chi connectivity index (χ2n) is 3.80. The minimum absolute atomic E-state index is 0.215. The van der Waals surface area contributed by atoms with Crippen molar-refractivity contribution in [3.05, 3.63) is 29.8 Å². The van der Waals surface area contributed by atoms with Gasteiger partial charge >= 0.3 is 6.03 Å². The molecule has 5 heteroatoms. The second kappa shape index (κ2) is 9.31. The van der Waals surface area contributed by atoms with Crippen LogP contribution in [0.25, 0.3) is 0 Å². The highest BCUT2D eigenvalue weighted by Crippen LogP contribution is 2.09. The fourth-order valence-corrected chi connectivity index (χ4v) is 2.15. The van der Waals surface area contributed by atoms with Crippen molar-refractivity contribution in [1.29, 1.82) is 0 Å². The van der Waals surface area contributed by atoms with Gasteiger partial charge in [-0.05, 0) is 30.4 Å². The summed E-state index contributed by atoms with van der Waals surface area (Å²) in [4.78, 5) is 11.6. The van der Waals surface area contributed by atoms with Crippen LogP contribution in [0.1, 0.15) is 12.0 Å². The van der Waals surface area contributed by atoms with Gasteiger partial charge in [0.15, 0.2) is 0 Å². The number of aliphatic hydroxyl groups excluding tert-OH is 1. The molecule has 0 aliphatic heterocycles. The SMILES string of the molecule is C#Cc1cccc(NC(=O)NCCSCCCO)c1. The number of hydrogen-bond donors (Lipinski definition) is 3. The van der Waals surface area contributed by atoms with E-state index in [4.69, 9.17) is 11.5 Å². The summed E-state index contributed by atoms with van der Waals surface area (Å²) in [6, 6.07) is 6.90. The van der Waals surface area contributed by atoms with Gasteiger partial charge < -0.3 is 15.7 Å². The van der Waals surface area contributed by atoms with Gasteiger partial charge in [0.2, 0.25) is 0 Å². The van der Waals surface area contributed by atoms with E-state index in [0.29, 0.717) is 12.2 Å². The Morgan fingerprint density at radius 2 is 2.26 bits per heavy atom. The third kappa shape index (κ3) is 6.75. The molecule has 0 saturated carbocycles. The van der Waals surface area contributed by atoms with Crippen LogP contribution in [0.15, 0.2) is 24.3 Å². The molecule has 1 aromatic rings. The van der Waals surface area contributed by atoms with Crippen LogP contribution in [0.5, 0.6) is 0 Å². The topological polar surface area (TPSA) is 61.4 Å². The first kappa shape index (κ1) is 15.4. The number of nitrogens with one attached hydrogen (secondary N) is 2. The van der Waals surface area contributed by atoms with Gasteiger partial charge in [-0.3, -0.25) is 0 Å². The van der Waals surface area contributed by atoms with Crippen molar-refractivity contribution in [3.8, 4) is 12.3 Å². The highest BCUT2D eigenvalue weighted by Gasteiger charge is 2.01. The lowest BCUT2D eigenvalue weighted by molar-refractivity contribution is 0.252. The number of anilines is 1. The van der Waals surface area contributed by atoms with Crippen molar-refractivity contribution in [2.24, 2.45) is 0 Å². The van der Waals surface area contributed by atoms with Crippen LogP contribution in [0.2, 0.25) is 0 Å². The maximum atomic E-state index is 11.6. The number of amides is 2. The molecule has 2 amide bonds. The van der Waals surface area contributed by atoms with Crippen molar-refractivity contribution in [2.75, 3.05) is 30.0 Å². The molecule has 0 radical (unpaired) electrons. The molecule has 4 nitrogen and oxygen atoms in total. The van der Waals surface area contributed by atoms with Crippen molar-refractivity contribution in [3.63, 3.8) is 0 Å². The molecule has 19 heavy (non-hydrogen) atoms. The van der Waals surface area contributed by atoms with Crippen LogP contribution >= 0.6 is 11.8 Å². The molecular formula is C14H18N2O2S. The molecule has 0 saturated heterocycles. The Kier molecular flexibility index (Phi) is 7.56. The molecule has 1 aromatic carbocycles. The molecule has 1 rings (SSSR count). The fourth-order valence-electron chi connectivity index (χ4n) is 1.37. The van der Waals surface area contributed by atoms with Gasteiger partial charge in [-0.15, -0.1) is 6.42 Å². The summed E-state index contributed by atoms with van der Waals surface area (Å²) >= 11 is 1.70. The van der Waals surface area contributed by atoms with Gasteiger partial charge in [0.05, 0.1) is 0 Å². The van der Waals surface area contributed by atoms with Crippen LogP contribution in [0.3, 0.4) is 0 Å². The van der Waals surface area contributed by atoms with Crippen molar-refractivity contribution in [1.82, 2.24) is 5.32 Å². The summed E-state index contributed by atoms with van der Waals surface area (Å²) in [5.41, 5.74) is 1.42. The molecule has 0 aliphatic carbocycles. The van der Waals surface area contributed by atoms with Crippen LogP contribution in [0.4, 0.5) is 10.5 Å². The molecule has 0 atom stereocenters. The summed E-state index contributed by atoms with van der Waals surface area (Å²) in [5.74, 6) is 4.25. The molecular weight excluding hydrogens is 260 g/mol. The zero-order chi connectivity index (χ0) is 13.9. The van der Waals surface area contributed by atoms with Gasteiger partial charge in [0.25, 0.3) is 0 Å². The monoisotopic (exact) mass is 278 g/mol. The lowest BCUT2D eigenvalue weighted by Gasteiger charge is -2.07. The Balaban J connectivity index is 2.22. The predicted octanol–water partition coefficient (Wildman–Crippen LogP) is 1.91. The third-order valence-corrected chi connectivity index (χ3v) is 3.34. The maximum absolute atomic E-state index is 11.6. The van der Waals surface area contributed by atoms with Gasteiger partial charge in [0, 0.05) is 30.2 Å². The van der Waals surface area contributed by atoms with E-state index in [1.807, 2.05) is 0 Å². The molecule has 0 unspecified atom stereocenters. The molecule has 0 bridgehead atoms. The summed E-state index contributed by atoms with van der Waals surface area (Å²) < 4.78 is 0. The van der Waals surface area contributed by atoms with Gasteiger partial charge in [0.1, 0.15) is 0 Å². The van der Waals surface area contributed by atoms with E-state index in [1.54, 1.807) is 36.0 Å². The number of thioether (sulfide) groups is 1.